The second kappa shape index (κ2) is 7.49. The number of hydrogen-bond acceptors (Lipinski definition) is 2. The van der Waals surface area contributed by atoms with E-state index in [0.717, 1.165) is 38.2 Å². The average molecular weight is 273 g/mol. The number of benzene rings is 1. The van der Waals surface area contributed by atoms with Gasteiger partial charge in [-0.05, 0) is 43.9 Å². The minimum Gasteiger partial charge on any atom is -0.493 e. The minimum atomic E-state index is 0.482. The Kier molecular flexibility index (Phi) is 5.66. The maximum Gasteiger partial charge on any atom is 0.122 e. The summed E-state index contributed by atoms with van der Waals surface area (Å²) in [7, 11) is 0. The average Bonchev–Trinajstić information content (AvgIpc) is 2.50. The Morgan fingerprint density at radius 3 is 2.95 bits per heavy atom. The van der Waals surface area contributed by atoms with Crippen LogP contribution in [0, 0.1) is 5.92 Å². The lowest BCUT2D eigenvalue weighted by Gasteiger charge is -2.33. The smallest absolute Gasteiger partial charge is 0.122 e. The maximum absolute atomic E-state index is 5.94. The first-order chi connectivity index (χ1) is 9.74. The Labute approximate surface area is 123 Å². The molecule has 0 amide bonds. The van der Waals surface area contributed by atoms with Crippen molar-refractivity contribution < 1.29 is 4.74 Å². The topological polar surface area (TPSA) is 21.3 Å². The van der Waals surface area contributed by atoms with Crippen LogP contribution >= 0.6 is 0 Å². The second-order valence-electron chi connectivity index (χ2n) is 5.75. The lowest BCUT2D eigenvalue weighted by molar-refractivity contribution is 0.183. The summed E-state index contributed by atoms with van der Waals surface area (Å²) >= 11 is 0. The standard InChI is InChI=1S/C18H27NO/c1-4-10-19-17(11-14(3)5-2)16-12-15-8-6-7-9-18(15)20-13-16/h6-9,16-17,19H,3-5,10-13H2,1-2H3. The van der Waals surface area contributed by atoms with E-state index in [4.69, 9.17) is 4.74 Å². The molecule has 2 atom stereocenters. The first-order valence-corrected chi connectivity index (χ1v) is 7.85. The van der Waals surface area contributed by atoms with Crippen LogP contribution in [0.4, 0.5) is 0 Å². The lowest BCUT2D eigenvalue weighted by Crippen LogP contribution is -2.42. The summed E-state index contributed by atoms with van der Waals surface area (Å²) in [5.74, 6) is 1.60. The van der Waals surface area contributed by atoms with Crippen LogP contribution in [0.25, 0.3) is 0 Å². The molecule has 1 heterocycles. The largest absolute Gasteiger partial charge is 0.493 e. The predicted molar refractivity (Wildman–Crippen MR) is 85.3 cm³/mol. The third-order valence-corrected chi connectivity index (χ3v) is 4.14. The quantitative estimate of drug-likeness (QED) is 0.759. The zero-order valence-corrected chi connectivity index (χ0v) is 12.8. The zero-order valence-electron chi connectivity index (χ0n) is 12.8. The van der Waals surface area contributed by atoms with Crippen molar-refractivity contribution in [1.82, 2.24) is 5.32 Å². The van der Waals surface area contributed by atoms with E-state index in [-0.39, 0.29) is 0 Å². The highest BCUT2D eigenvalue weighted by molar-refractivity contribution is 5.35. The molecule has 2 heteroatoms. The Bertz CT molecular complexity index is 441. The van der Waals surface area contributed by atoms with Gasteiger partial charge in [-0.2, -0.15) is 0 Å². The van der Waals surface area contributed by atoms with Crippen LogP contribution in [-0.4, -0.2) is 19.2 Å². The fraction of sp³-hybridized carbons (Fsp3) is 0.556. The Balaban J connectivity index is 2.04. The van der Waals surface area contributed by atoms with Gasteiger partial charge < -0.3 is 10.1 Å². The van der Waals surface area contributed by atoms with Crippen LogP contribution in [0.2, 0.25) is 0 Å². The van der Waals surface area contributed by atoms with Crippen LogP contribution in [0.1, 0.15) is 38.7 Å². The summed E-state index contributed by atoms with van der Waals surface area (Å²) in [6.45, 7) is 10.5. The number of ether oxygens (including phenoxy) is 1. The van der Waals surface area contributed by atoms with Crippen LogP contribution in [-0.2, 0) is 6.42 Å². The van der Waals surface area contributed by atoms with Gasteiger partial charge in [-0.15, -0.1) is 0 Å². The third kappa shape index (κ3) is 3.86. The minimum absolute atomic E-state index is 0.482. The lowest BCUT2D eigenvalue weighted by atomic mass is 9.86. The van der Waals surface area contributed by atoms with Crippen molar-refractivity contribution in [2.24, 2.45) is 5.92 Å². The SMILES string of the molecule is C=C(CC)CC(NCCC)C1COc2ccccc2C1. The highest BCUT2D eigenvalue weighted by Gasteiger charge is 2.27. The number of nitrogens with one attached hydrogen (secondary N) is 1. The van der Waals surface area contributed by atoms with Crippen molar-refractivity contribution in [3.05, 3.63) is 42.0 Å². The Morgan fingerprint density at radius 1 is 1.40 bits per heavy atom. The van der Waals surface area contributed by atoms with E-state index < -0.39 is 0 Å². The molecule has 0 fully saturated rings. The maximum atomic E-state index is 5.94. The molecule has 2 unspecified atom stereocenters. The van der Waals surface area contributed by atoms with E-state index in [9.17, 15) is 0 Å². The van der Waals surface area contributed by atoms with E-state index >= 15 is 0 Å². The molecule has 20 heavy (non-hydrogen) atoms. The van der Waals surface area contributed by atoms with Crippen molar-refractivity contribution in [3.63, 3.8) is 0 Å². The number of para-hydroxylation sites is 1. The number of fused-ring (bicyclic) bond motifs is 1. The molecular formula is C18H27NO. The molecule has 0 bridgehead atoms. The summed E-state index contributed by atoms with van der Waals surface area (Å²) < 4.78 is 5.94. The van der Waals surface area contributed by atoms with Crippen molar-refractivity contribution in [1.29, 1.82) is 0 Å². The van der Waals surface area contributed by atoms with Gasteiger partial charge in [0.05, 0.1) is 6.61 Å². The summed E-state index contributed by atoms with van der Waals surface area (Å²) in [4.78, 5) is 0. The zero-order chi connectivity index (χ0) is 14.4. The van der Waals surface area contributed by atoms with E-state index in [2.05, 4.69) is 43.9 Å². The fourth-order valence-electron chi connectivity index (χ4n) is 2.80. The molecule has 0 aliphatic carbocycles. The Morgan fingerprint density at radius 2 is 2.20 bits per heavy atom. The van der Waals surface area contributed by atoms with Crippen LogP contribution in [0.15, 0.2) is 36.4 Å². The summed E-state index contributed by atoms with van der Waals surface area (Å²) in [5.41, 5.74) is 2.67. The van der Waals surface area contributed by atoms with Gasteiger partial charge in [-0.3, -0.25) is 0 Å². The van der Waals surface area contributed by atoms with Crippen molar-refractivity contribution in [2.75, 3.05) is 13.2 Å². The predicted octanol–water partition coefficient (Wildman–Crippen LogP) is 3.96. The van der Waals surface area contributed by atoms with Crippen molar-refractivity contribution in [2.45, 2.75) is 45.6 Å². The molecule has 1 aromatic carbocycles. The van der Waals surface area contributed by atoms with Gasteiger partial charge in [0, 0.05) is 12.0 Å². The number of rotatable bonds is 7. The molecule has 110 valence electrons. The summed E-state index contributed by atoms with van der Waals surface area (Å²) in [5, 5.41) is 3.69. The van der Waals surface area contributed by atoms with Crippen molar-refractivity contribution in [3.8, 4) is 5.75 Å². The first-order valence-electron chi connectivity index (χ1n) is 7.85. The van der Waals surface area contributed by atoms with Gasteiger partial charge in [0.15, 0.2) is 0 Å². The van der Waals surface area contributed by atoms with Gasteiger partial charge >= 0.3 is 0 Å². The van der Waals surface area contributed by atoms with E-state index in [0.29, 0.717) is 12.0 Å². The molecule has 0 saturated heterocycles. The van der Waals surface area contributed by atoms with E-state index in [1.807, 2.05) is 6.07 Å². The van der Waals surface area contributed by atoms with Crippen LogP contribution in [0.5, 0.6) is 5.75 Å². The monoisotopic (exact) mass is 273 g/mol. The Hall–Kier alpha value is -1.28. The molecule has 0 spiro atoms. The normalized spacial score (nSPS) is 19.0. The van der Waals surface area contributed by atoms with Gasteiger partial charge in [0.2, 0.25) is 0 Å². The van der Waals surface area contributed by atoms with Gasteiger partial charge in [-0.25, -0.2) is 0 Å². The summed E-state index contributed by atoms with van der Waals surface area (Å²) in [6, 6.07) is 8.89. The molecule has 1 aliphatic heterocycles. The highest BCUT2D eigenvalue weighted by Crippen LogP contribution is 2.30. The molecule has 0 aromatic heterocycles. The van der Waals surface area contributed by atoms with E-state index in [1.165, 1.54) is 17.6 Å². The molecule has 1 aromatic rings. The van der Waals surface area contributed by atoms with Gasteiger partial charge in [0.1, 0.15) is 5.75 Å². The highest BCUT2D eigenvalue weighted by atomic mass is 16.5. The molecular weight excluding hydrogens is 246 g/mol. The van der Waals surface area contributed by atoms with Gasteiger partial charge in [0.25, 0.3) is 0 Å². The van der Waals surface area contributed by atoms with Gasteiger partial charge in [-0.1, -0.05) is 44.2 Å². The van der Waals surface area contributed by atoms with Crippen molar-refractivity contribution >= 4 is 0 Å². The van der Waals surface area contributed by atoms with Crippen LogP contribution in [0.3, 0.4) is 0 Å². The molecule has 0 saturated carbocycles. The summed E-state index contributed by atoms with van der Waals surface area (Å²) in [6.07, 6.45) is 4.40. The second-order valence-corrected chi connectivity index (χ2v) is 5.75. The molecule has 2 nitrogen and oxygen atoms in total. The third-order valence-electron chi connectivity index (χ3n) is 4.14. The molecule has 0 radical (unpaired) electrons. The molecule has 1 aliphatic rings. The first kappa shape index (κ1) is 15.1. The van der Waals surface area contributed by atoms with Crippen LogP contribution < -0.4 is 10.1 Å². The molecule has 1 N–H and O–H groups in total. The molecule has 2 rings (SSSR count). The number of hydrogen-bond donors (Lipinski definition) is 1. The fourth-order valence-corrected chi connectivity index (χ4v) is 2.80. The van der Waals surface area contributed by atoms with E-state index in [1.54, 1.807) is 0 Å².